The molecule has 1 heterocycles. The van der Waals surface area contributed by atoms with Gasteiger partial charge in [0.05, 0.1) is 11.0 Å². The van der Waals surface area contributed by atoms with Gasteiger partial charge in [-0.1, -0.05) is 6.07 Å². The quantitative estimate of drug-likeness (QED) is 0.672. The lowest BCUT2D eigenvalue weighted by Gasteiger charge is -2.12. The zero-order valence-electron chi connectivity index (χ0n) is 10.3. The summed E-state index contributed by atoms with van der Waals surface area (Å²) in [5.74, 6) is -0.588. The first-order chi connectivity index (χ1) is 9.06. The molecule has 2 aromatic rings. The van der Waals surface area contributed by atoms with Crippen molar-refractivity contribution in [2.45, 2.75) is 19.5 Å². The molecule has 1 atom stereocenters. The summed E-state index contributed by atoms with van der Waals surface area (Å²) in [4.78, 5) is 11.2. The summed E-state index contributed by atoms with van der Waals surface area (Å²) >= 11 is 1.63. The van der Waals surface area contributed by atoms with Crippen LogP contribution in [0.1, 0.15) is 23.4 Å². The molecule has 0 aliphatic rings. The molecule has 19 heavy (non-hydrogen) atoms. The summed E-state index contributed by atoms with van der Waals surface area (Å²) in [7, 11) is 0. The molecule has 0 spiro atoms. The molecule has 0 saturated heterocycles. The fourth-order valence-corrected chi connectivity index (χ4v) is 2.51. The number of nitrogens with one attached hydrogen (secondary N) is 1. The van der Waals surface area contributed by atoms with Crippen LogP contribution < -0.4 is 5.32 Å². The number of rotatable bonds is 5. The first kappa shape index (κ1) is 13.6. The maximum absolute atomic E-state index is 13.3. The number of non-ortho nitro benzene ring substituents is 1. The molecule has 0 fully saturated rings. The third-order valence-electron chi connectivity index (χ3n) is 2.74. The second-order valence-corrected chi connectivity index (χ2v) is 5.17. The van der Waals surface area contributed by atoms with Crippen LogP contribution in [0.5, 0.6) is 0 Å². The SMILES string of the molecule is C[C@H](NCc1cc(F)cc([N+](=O)[O-])c1)c1cccs1. The standard InChI is InChI=1S/C13H13FN2O2S/c1-9(13-3-2-4-19-13)15-8-10-5-11(14)7-12(6-10)16(17)18/h2-7,9,15H,8H2,1H3/t9-/m0/s1. The number of hydrogen-bond donors (Lipinski definition) is 1. The molecule has 1 aromatic carbocycles. The summed E-state index contributed by atoms with van der Waals surface area (Å²) in [6, 6.07) is 7.72. The number of thiophene rings is 1. The van der Waals surface area contributed by atoms with Crippen molar-refractivity contribution in [1.29, 1.82) is 0 Å². The van der Waals surface area contributed by atoms with Gasteiger partial charge in [-0.25, -0.2) is 4.39 Å². The van der Waals surface area contributed by atoms with Crippen molar-refractivity contribution in [2.24, 2.45) is 0 Å². The molecular formula is C13H13FN2O2S. The molecule has 0 aliphatic carbocycles. The van der Waals surface area contributed by atoms with Gasteiger partial charge in [-0.05, 0) is 30.0 Å². The van der Waals surface area contributed by atoms with Gasteiger partial charge in [0.2, 0.25) is 0 Å². The molecule has 100 valence electrons. The van der Waals surface area contributed by atoms with Crippen LogP contribution >= 0.6 is 11.3 Å². The van der Waals surface area contributed by atoms with Crippen molar-refractivity contribution in [3.63, 3.8) is 0 Å². The van der Waals surface area contributed by atoms with Gasteiger partial charge in [0.25, 0.3) is 5.69 Å². The van der Waals surface area contributed by atoms with Gasteiger partial charge < -0.3 is 5.32 Å². The van der Waals surface area contributed by atoms with Crippen molar-refractivity contribution in [1.82, 2.24) is 5.32 Å². The Morgan fingerprint density at radius 2 is 2.26 bits per heavy atom. The highest BCUT2D eigenvalue weighted by atomic mass is 32.1. The van der Waals surface area contributed by atoms with Crippen molar-refractivity contribution < 1.29 is 9.31 Å². The third kappa shape index (κ3) is 3.59. The van der Waals surface area contributed by atoms with E-state index in [-0.39, 0.29) is 11.7 Å². The summed E-state index contributed by atoms with van der Waals surface area (Å²) in [5, 5.41) is 15.9. The second kappa shape index (κ2) is 5.90. The van der Waals surface area contributed by atoms with E-state index in [1.807, 2.05) is 24.4 Å². The van der Waals surface area contributed by atoms with E-state index in [4.69, 9.17) is 0 Å². The van der Waals surface area contributed by atoms with Crippen molar-refractivity contribution >= 4 is 17.0 Å². The molecule has 4 nitrogen and oxygen atoms in total. The number of benzene rings is 1. The average Bonchev–Trinajstić information content (AvgIpc) is 2.89. The predicted molar refractivity (Wildman–Crippen MR) is 72.6 cm³/mol. The Morgan fingerprint density at radius 3 is 2.89 bits per heavy atom. The number of nitro groups is 1. The third-order valence-corrected chi connectivity index (χ3v) is 3.79. The molecule has 1 N–H and O–H groups in total. The lowest BCUT2D eigenvalue weighted by atomic mass is 10.1. The van der Waals surface area contributed by atoms with Gasteiger partial charge in [0.1, 0.15) is 5.82 Å². The summed E-state index contributed by atoms with van der Waals surface area (Å²) < 4.78 is 13.3. The number of halogens is 1. The van der Waals surface area contributed by atoms with Crippen LogP contribution in [0.2, 0.25) is 0 Å². The Balaban J connectivity index is 2.05. The van der Waals surface area contributed by atoms with Crippen LogP contribution in [0, 0.1) is 15.9 Å². The topological polar surface area (TPSA) is 55.2 Å². The Morgan fingerprint density at radius 1 is 1.47 bits per heavy atom. The van der Waals surface area contributed by atoms with Crippen molar-refractivity contribution in [3.05, 3.63) is 62.1 Å². The van der Waals surface area contributed by atoms with E-state index in [1.54, 1.807) is 11.3 Å². The summed E-state index contributed by atoms with van der Waals surface area (Å²) in [6.07, 6.45) is 0. The van der Waals surface area contributed by atoms with Crippen LogP contribution in [-0.2, 0) is 6.54 Å². The highest BCUT2D eigenvalue weighted by Crippen LogP contribution is 2.20. The molecule has 2 rings (SSSR count). The van der Waals surface area contributed by atoms with Crippen molar-refractivity contribution in [3.8, 4) is 0 Å². The van der Waals surface area contributed by atoms with E-state index in [0.717, 1.165) is 6.07 Å². The van der Waals surface area contributed by atoms with E-state index < -0.39 is 10.7 Å². The van der Waals surface area contributed by atoms with E-state index in [1.165, 1.54) is 17.0 Å². The van der Waals surface area contributed by atoms with E-state index in [0.29, 0.717) is 12.1 Å². The number of nitrogens with zero attached hydrogens (tertiary/aromatic N) is 1. The van der Waals surface area contributed by atoms with Gasteiger partial charge in [-0.2, -0.15) is 0 Å². The minimum Gasteiger partial charge on any atom is -0.305 e. The van der Waals surface area contributed by atoms with E-state index >= 15 is 0 Å². The first-order valence-corrected chi connectivity index (χ1v) is 6.65. The largest absolute Gasteiger partial charge is 0.305 e. The minimum atomic E-state index is -0.588. The monoisotopic (exact) mass is 280 g/mol. The molecule has 0 unspecified atom stereocenters. The molecule has 1 aromatic heterocycles. The van der Waals surface area contributed by atoms with Crippen LogP contribution in [-0.4, -0.2) is 4.92 Å². The van der Waals surface area contributed by atoms with E-state index in [9.17, 15) is 14.5 Å². The fourth-order valence-electron chi connectivity index (χ4n) is 1.75. The Labute approximate surface area is 114 Å². The summed E-state index contributed by atoms with van der Waals surface area (Å²) in [6.45, 7) is 2.39. The van der Waals surface area contributed by atoms with Gasteiger partial charge in [0.15, 0.2) is 0 Å². The normalized spacial score (nSPS) is 12.3. The zero-order valence-corrected chi connectivity index (χ0v) is 11.1. The Kier molecular flexibility index (Phi) is 4.24. The number of nitro benzene ring substituents is 1. The van der Waals surface area contributed by atoms with Crippen LogP contribution in [0.25, 0.3) is 0 Å². The fraction of sp³-hybridized carbons (Fsp3) is 0.231. The molecule has 0 bridgehead atoms. The molecule has 0 saturated carbocycles. The van der Waals surface area contributed by atoms with Crippen LogP contribution in [0.15, 0.2) is 35.7 Å². The zero-order chi connectivity index (χ0) is 13.8. The molecule has 0 aliphatic heterocycles. The Bertz CT molecular complexity index is 572. The predicted octanol–water partition coefficient (Wildman–Crippen LogP) is 3.65. The lowest BCUT2D eigenvalue weighted by molar-refractivity contribution is -0.385. The summed E-state index contributed by atoms with van der Waals surface area (Å²) in [5.41, 5.74) is 0.343. The van der Waals surface area contributed by atoms with Crippen molar-refractivity contribution in [2.75, 3.05) is 0 Å². The molecular weight excluding hydrogens is 267 g/mol. The maximum atomic E-state index is 13.3. The van der Waals surface area contributed by atoms with E-state index in [2.05, 4.69) is 5.32 Å². The smallest absolute Gasteiger partial charge is 0.272 e. The molecule has 0 radical (unpaired) electrons. The second-order valence-electron chi connectivity index (χ2n) is 4.19. The van der Waals surface area contributed by atoms with Gasteiger partial charge in [-0.15, -0.1) is 11.3 Å². The van der Waals surface area contributed by atoms with Gasteiger partial charge in [0, 0.05) is 23.5 Å². The molecule has 0 amide bonds. The van der Waals surface area contributed by atoms with Gasteiger partial charge in [-0.3, -0.25) is 10.1 Å². The number of hydrogen-bond acceptors (Lipinski definition) is 4. The average molecular weight is 280 g/mol. The maximum Gasteiger partial charge on any atom is 0.272 e. The minimum absolute atomic E-state index is 0.127. The lowest BCUT2D eigenvalue weighted by Crippen LogP contribution is -2.17. The molecule has 6 heteroatoms. The van der Waals surface area contributed by atoms with Crippen LogP contribution in [0.3, 0.4) is 0 Å². The van der Waals surface area contributed by atoms with Gasteiger partial charge >= 0.3 is 0 Å². The first-order valence-electron chi connectivity index (χ1n) is 5.77. The highest BCUT2D eigenvalue weighted by Gasteiger charge is 2.11. The highest BCUT2D eigenvalue weighted by molar-refractivity contribution is 7.10. The van der Waals surface area contributed by atoms with Crippen LogP contribution in [0.4, 0.5) is 10.1 Å². The Hall–Kier alpha value is -1.79.